The Labute approximate surface area is 100 Å². The minimum atomic E-state index is 0.596. The highest BCUT2D eigenvalue weighted by atomic mass is 15.3. The van der Waals surface area contributed by atoms with Gasteiger partial charge >= 0.3 is 0 Å². The van der Waals surface area contributed by atoms with Crippen LogP contribution in [0.25, 0.3) is 0 Å². The Bertz CT molecular complexity index is 237. The van der Waals surface area contributed by atoms with E-state index in [9.17, 15) is 0 Å². The third-order valence-corrected chi connectivity index (χ3v) is 4.72. The van der Waals surface area contributed by atoms with Crippen LogP contribution < -0.4 is 5.32 Å². The zero-order chi connectivity index (χ0) is 11.8. The molecule has 1 saturated heterocycles. The van der Waals surface area contributed by atoms with Crippen LogP contribution in [0.4, 0.5) is 0 Å². The van der Waals surface area contributed by atoms with E-state index in [0.29, 0.717) is 17.5 Å². The van der Waals surface area contributed by atoms with Crippen molar-refractivity contribution >= 4 is 0 Å². The van der Waals surface area contributed by atoms with Crippen molar-refractivity contribution in [2.45, 2.75) is 38.8 Å². The smallest absolute Gasteiger partial charge is 0.0345 e. The van der Waals surface area contributed by atoms with Gasteiger partial charge in [-0.3, -0.25) is 4.90 Å². The topological polar surface area (TPSA) is 18.5 Å². The highest BCUT2D eigenvalue weighted by Crippen LogP contribution is 2.47. The molecule has 2 unspecified atom stereocenters. The molecule has 3 nitrogen and oxygen atoms in total. The first-order chi connectivity index (χ1) is 7.51. The first-order valence-corrected chi connectivity index (χ1v) is 6.63. The van der Waals surface area contributed by atoms with E-state index in [0.717, 1.165) is 6.54 Å². The molecule has 2 aliphatic rings. The SMILES string of the molecule is CC(NCC1CN(C)CCN1C)C1(C)CC1. The third-order valence-electron chi connectivity index (χ3n) is 4.72. The van der Waals surface area contributed by atoms with E-state index < -0.39 is 0 Å². The Kier molecular flexibility index (Phi) is 3.57. The number of rotatable bonds is 4. The van der Waals surface area contributed by atoms with Gasteiger partial charge in [-0.2, -0.15) is 0 Å². The lowest BCUT2D eigenvalue weighted by Crippen LogP contribution is -2.55. The molecule has 0 aromatic heterocycles. The maximum absolute atomic E-state index is 3.74. The number of piperazine rings is 1. The number of hydrogen-bond donors (Lipinski definition) is 1. The summed E-state index contributed by atoms with van der Waals surface area (Å²) in [6.45, 7) is 9.50. The molecule has 3 heteroatoms. The summed E-state index contributed by atoms with van der Waals surface area (Å²) in [4.78, 5) is 4.94. The van der Waals surface area contributed by atoms with Crippen LogP contribution in [0.5, 0.6) is 0 Å². The summed E-state index contributed by atoms with van der Waals surface area (Å²) >= 11 is 0. The first kappa shape index (κ1) is 12.3. The van der Waals surface area contributed by atoms with Crippen molar-refractivity contribution in [2.75, 3.05) is 40.3 Å². The molecule has 0 amide bonds. The Morgan fingerprint density at radius 3 is 2.62 bits per heavy atom. The third kappa shape index (κ3) is 2.76. The lowest BCUT2D eigenvalue weighted by molar-refractivity contribution is 0.109. The normalized spacial score (nSPS) is 32.6. The summed E-state index contributed by atoms with van der Waals surface area (Å²) in [5.41, 5.74) is 0.596. The van der Waals surface area contributed by atoms with Crippen LogP contribution in [0.1, 0.15) is 26.7 Å². The molecule has 1 aliphatic carbocycles. The molecular formula is C13H27N3. The molecule has 1 heterocycles. The zero-order valence-corrected chi connectivity index (χ0v) is 11.3. The number of nitrogens with zero attached hydrogens (tertiary/aromatic N) is 2. The fourth-order valence-electron chi connectivity index (χ4n) is 2.51. The second-order valence-corrected chi connectivity index (χ2v) is 6.18. The maximum atomic E-state index is 3.74. The van der Waals surface area contributed by atoms with E-state index >= 15 is 0 Å². The van der Waals surface area contributed by atoms with Crippen molar-refractivity contribution in [1.82, 2.24) is 15.1 Å². The molecule has 2 fully saturated rings. The van der Waals surface area contributed by atoms with E-state index in [-0.39, 0.29) is 0 Å². The molecule has 1 aliphatic heterocycles. The van der Waals surface area contributed by atoms with E-state index in [1.54, 1.807) is 0 Å². The minimum Gasteiger partial charge on any atom is -0.312 e. The lowest BCUT2D eigenvalue weighted by Gasteiger charge is -2.38. The van der Waals surface area contributed by atoms with Crippen LogP contribution in [0.2, 0.25) is 0 Å². The summed E-state index contributed by atoms with van der Waals surface area (Å²) in [7, 11) is 4.48. The van der Waals surface area contributed by atoms with Crippen molar-refractivity contribution < 1.29 is 0 Å². The highest BCUT2D eigenvalue weighted by molar-refractivity contribution is 4.97. The van der Waals surface area contributed by atoms with Crippen LogP contribution in [0, 0.1) is 5.41 Å². The van der Waals surface area contributed by atoms with Crippen molar-refractivity contribution in [2.24, 2.45) is 5.41 Å². The van der Waals surface area contributed by atoms with E-state index in [2.05, 4.69) is 43.1 Å². The Morgan fingerprint density at radius 1 is 1.31 bits per heavy atom. The number of hydrogen-bond acceptors (Lipinski definition) is 3. The summed E-state index contributed by atoms with van der Waals surface area (Å²) < 4.78 is 0. The van der Waals surface area contributed by atoms with Gasteiger partial charge in [-0.15, -0.1) is 0 Å². The zero-order valence-electron chi connectivity index (χ0n) is 11.3. The van der Waals surface area contributed by atoms with Crippen LogP contribution in [-0.2, 0) is 0 Å². The van der Waals surface area contributed by atoms with Gasteiger partial charge in [0, 0.05) is 38.3 Å². The lowest BCUT2D eigenvalue weighted by atomic mass is 10.0. The predicted molar refractivity (Wildman–Crippen MR) is 68.7 cm³/mol. The average Bonchev–Trinajstić information content (AvgIpc) is 2.99. The molecular weight excluding hydrogens is 198 g/mol. The largest absolute Gasteiger partial charge is 0.312 e. The van der Waals surface area contributed by atoms with Crippen LogP contribution in [0.3, 0.4) is 0 Å². The second-order valence-electron chi connectivity index (χ2n) is 6.18. The standard InChI is InChI=1S/C13H27N3/c1-11(13(2)5-6-13)14-9-12-10-15(3)7-8-16(12)4/h11-12,14H,5-10H2,1-4H3. The molecule has 2 atom stereocenters. The molecule has 94 valence electrons. The van der Waals surface area contributed by atoms with E-state index in [1.807, 2.05) is 0 Å². The quantitative estimate of drug-likeness (QED) is 0.770. The fourth-order valence-corrected chi connectivity index (χ4v) is 2.51. The summed E-state index contributed by atoms with van der Waals surface area (Å²) in [5, 5.41) is 3.74. The Hall–Kier alpha value is -0.120. The van der Waals surface area contributed by atoms with Crippen molar-refractivity contribution in [3.63, 3.8) is 0 Å². The summed E-state index contributed by atoms with van der Waals surface area (Å²) in [6, 6.07) is 1.36. The van der Waals surface area contributed by atoms with Gasteiger partial charge in [0.15, 0.2) is 0 Å². The van der Waals surface area contributed by atoms with Gasteiger partial charge in [-0.05, 0) is 39.3 Å². The van der Waals surface area contributed by atoms with Crippen molar-refractivity contribution in [3.05, 3.63) is 0 Å². The molecule has 0 bridgehead atoms. The summed E-state index contributed by atoms with van der Waals surface area (Å²) in [6.07, 6.45) is 2.81. The van der Waals surface area contributed by atoms with Crippen LogP contribution in [0.15, 0.2) is 0 Å². The molecule has 16 heavy (non-hydrogen) atoms. The fraction of sp³-hybridized carbons (Fsp3) is 1.00. The molecule has 1 N–H and O–H groups in total. The molecule has 0 aromatic carbocycles. The Balaban J connectivity index is 1.75. The summed E-state index contributed by atoms with van der Waals surface area (Å²) in [5.74, 6) is 0. The monoisotopic (exact) mass is 225 g/mol. The predicted octanol–water partition coefficient (Wildman–Crippen LogP) is 1.01. The molecule has 0 radical (unpaired) electrons. The average molecular weight is 225 g/mol. The second kappa shape index (κ2) is 4.63. The van der Waals surface area contributed by atoms with Gasteiger partial charge in [0.25, 0.3) is 0 Å². The number of likely N-dealkylation sites (N-methyl/N-ethyl adjacent to an activating group) is 2. The van der Waals surface area contributed by atoms with Crippen LogP contribution in [-0.4, -0.2) is 62.2 Å². The molecule has 0 aromatic rings. The van der Waals surface area contributed by atoms with Gasteiger partial charge in [0.05, 0.1) is 0 Å². The van der Waals surface area contributed by atoms with Crippen LogP contribution >= 0.6 is 0 Å². The van der Waals surface area contributed by atoms with E-state index in [4.69, 9.17) is 0 Å². The molecule has 0 spiro atoms. The highest BCUT2D eigenvalue weighted by Gasteiger charge is 2.42. The first-order valence-electron chi connectivity index (χ1n) is 6.63. The van der Waals surface area contributed by atoms with Gasteiger partial charge < -0.3 is 10.2 Å². The maximum Gasteiger partial charge on any atom is 0.0345 e. The molecule has 1 saturated carbocycles. The van der Waals surface area contributed by atoms with Gasteiger partial charge in [-0.1, -0.05) is 6.92 Å². The van der Waals surface area contributed by atoms with Gasteiger partial charge in [-0.25, -0.2) is 0 Å². The number of nitrogens with one attached hydrogen (secondary N) is 1. The molecule has 2 rings (SSSR count). The minimum absolute atomic E-state index is 0.596. The van der Waals surface area contributed by atoms with E-state index in [1.165, 1.54) is 32.5 Å². The van der Waals surface area contributed by atoms with Crippen molar-refractivity contribution in [1.29, 1.82) is 0 Å². The Morgan fingerprint density at radius 2 is 2.00 bits per heavy atom. The van der Waals surface area contributed by atoms with Crippen molar-refractivity contribution in [3.8, 4) is 0 Å². The van der Waals surface area contributed by atoms with Gasteiger partial charge in [0.2, 0.25) is 0 Å². The van der Waals surface area contributed by atoms with Gasteiger partial charge in [0.1, 0.15) is 0 Å².